The predicted octanol–water partition coefficient (Wildman–Crippen LogP) is 3.26. The molecule has 1 aromatic rings. The van der Waals surface area contributed by atoms with Crippen LogP contribution in [-0.2, 0) is 5.41 Å². The van der Waals surface area contributed by atoms with Gasteiger partial charge in [-0.05, 0) is 42.0 Å². The Kier molecular flexibility index (Phi) is 2.53. The van der Waals surface area contributed by atoms with Gasteiger partial charge in [-0.2, -0.15) is 0 Å². The van der Waals surface area contributed by atoms with Crippen molar-refractivity contribution < 1.29 is 9.53 Å². The molecule has 0 bridgehead atoms. The summed E-state index contributed by atoms with van der Waals surface area (Å²) in [5.74, 6) is 1.12. The van der Waals surface area contributed by atoms with Gasteiger partial charge in [0, 0.05) is 12.0 Å². The highest BCUT2D eigenvalue weighted by molar-refractivity contribution is 6.00. The van der Waals surface area contributed by atoms with Crippen molar-refractivity contribution in [3.05, 3.63) is 28.8 Å². The summed E-state index contributed by atoms with van der Waals surface area (Å²) in [4.78, 5) is 12.0. The van der Waals surface area contributed by atoms with E-state index < -0.39 is 0 Å². The summed E-state index contributed by atoms with van der Waals surface area (Å²) < 4.78 is 5.28. The van der Waals surface area contributed by atoms with Crippen LogP contribution in [0, 0.1) is 6.92 Å². The lowest BCUT2D eigenvalue weighted by atomic mass is 9.71. The summed E-state index contributed by atoms with van der Waals surface area (Å²) in [6.45, 7) is 6.37. The number of aryl methyl sites for hydroxylation is 1. The average molecular weight is 218 g/mol. The van der Waals surface area contributed by atoms with E-state index in [0.717, 1.165) is 28.9 Å². The van der Waals surface area contributed by atoms with Gasteiger partial charge in [0.05, 0.1) is 7.11 Å². The van der Waals surface area contributed by atoms with E-state index in [0.29, 0.717) is 6.42 Å². The minimum Gasteiger partial charge on any atom is -0.497 e. The number of fused-ring (bicyclic) bond motifs is 1. The molecule has 2 nitrogen and oxygen atoms in total. The normalized spacial score (nSPS) is 18.1. The van der Waals surface area contributed by atoms with Gasteiger partial charge in [-0.25, -0.2) is 0 Å². The van der Waals surface area contributed by atoms with Crippen LogP contribution >= 0.6 is 0 Å². The first-order chi connectivity index (χ1) is 7.45. The quantitative estimate of drug-likeness (QED) is 0.723. The molecule has 0 saturated carbocycles. The molecule has 0 fully saturated rings. The third kappa shape index (κ3) is 1.62. The number of rotatable bonds is 1. The number of carbonyl (C=O) groups is 1. The van der Waals surface area contributed by atoms with E-state index >= 15 is 0 Å². The molecule has 0 aliphatic heterocycles. The number of hydrogen-bond acceptors (Lipinski definition) is 2. The van der Waals surface area contributed by atoms with E-state index in [1.165, 1.54) is 0 Å². The maximum atomic E-state index is 12.0. The molecule has 2 heteroatoms. The molecule has 0 radical (unpaired) electrons. The fourth-order valence-corrected chi connectivity index (χ4v) is 2.46. The Morgan fingerprint density at radius 1 is 1.31 bits per heavy atom. The zero-order valence-electron chi connectivity index (χ0n) is 10.4. The Hall–Kier alpha value is -1.31. The molecule has 1 aliphatic rings. The average Bonchev–Trinajstić information content (AvgIpc) is 2.23. The highest BCUT2D eigenvalue weighted by atomic mass is 16.5. The van der Waals surface area contributed by atoms with Gasteiger partial charge in [-0.3, -0.25) is 4.79 Å². The van der Waals surface area contributed by atoms with Gasteiger partial charge < -0.3 is 4.74 Å². The van der Waals surface area contributed by atoms with Gasteiger partial charge in [-0.15, -0.1) is 0 Å². The van der Waals surface area contributed by atoms with Crippen LogP contribution in [0.5, 0.6) is 5.75 Å². The minimum absolute atomic E-state index is 0.0720. The molecule has 2 rings (SSSR count). The van der Waals surface area contributed by atoms with E-state index in [1.54, 1.807) is 7.11 Å². The van der Waals surface area contributed by atoms with Crippen molar-refractivity contribution >= 4 is 5.78 Å². The molecule has 0 amide bonds. The van der Waals surface area contributed by atoms with Gasteiger partial charge in [0.15, 0.2) is 5.78 Å². The molecular weight excluding hydrogens is 200 g/mol. The van der Waals surface area contributed by atoms with Crippen molar-refractivity contribution in [2.45, 2.75) is 39.0 Å². The Morgan fingerprint density at radius 2 is 2.00 bits per heavy atom. The van der Waals surface area contributed by atoms with Crippen LogP contribution < -0.4 is 4.74 Å². The highest BCUT2D eigenvalue weighted by Crippen LogP contribution is 2.39. The van der Waals surface area contributed by atoms with E-state index in [-0.39, 0.29) is 11.2 Å². The molecule has 0 N–H and O–H groups in total. The fourth-order valence-electron chi connectivity index (χ4n) is 2.46. The number of ketones is 1. The molecule has 16 heavy (non-hydrogen) atoms. The monoisotopic (exact) mass is 218 g/mol. The molecule has 0 saturated heterocycles. The third-order valence-corrected chi connectivity index (χ3v) is 3.53. The lowest BCUT2D eigenvalue weighted by molar-refractivity contribution is 0.0956. The first-order valence-electron chi connectivity index (χ1n) is 5.68. The van der Waals surface area contributed by atoms with Crippen LogP contribution in [0.25, 0.3) is 0 Å². The maximum absolute atomic E-state index is 12.0. The van der Waals surface area contributed by atoms with Crippen molar-refractivity contribution in [3.8, 4) is 5.75 Å². The Bertz CT molecular complexity index is 444. The SMILES string of the molecule is COc1cc(C)c2c(c1)C(C)(C)CCC2=O. The zero-order valence-corrected chi connectivity index (χ0v) is 10.4. The predicted molar refractivity (Wildman–Crippen MR) is 64.3 cm³/mol. The number of Topliss-reactive ketones (excluding diaryl/α,β-unsaturated/α-hetero) is 1. The second-order valence-corrected chi connectivity index (χ2v) is 5.17. The van der Waals surface area contributed by atoms with E-state index in [4.69, 9.17) is 4.74 Å². The summed E-state index contributed by atoms with van der Waals surface area (Å²) in [6.07, 6.45) is 1.58. The number of methoxy groups -OCH3 is 1. The van der Waals surface area contributed by atoms with Gasteiger partial charge in [-0.1, -0.05) is 13.8 Å². The molecule has 86 valence electrons. The van der Waals surface area contributed by atoms with Crippen LogP contribution in [-0.4, -0.2) is 12.9 Å². The second kappa shape index (κ2) is 3.62. The standard InChI is InChI=1S/C14H18O2/c1-9-7-10(16-4)8-11-13(9)12(15)5-6-14(11,2)3/h7-8H,5-6H2,1-4H3. The smallest absolute Gasteiger partial charge is 0.163 e. The highest BCUT2D eigenvalue weighted by Gasteiger charge is 2.33. The van der Waals surface area contributed by atoms with Crippen LogP contribution in [0.2, 0.25) is 0 Å². The number of carbonyl (C=O) groups excluding carboxylic acids is 1. The van der Waals surface area contributed by atoms with Crippen LogP contribution in [0.15, 0.2) is 12.1 Å². The second-order valence-electron chi connectivity index (χ2n) is 5.17. The number of ether oxygens (including phenoxy) is 1. The van der Waals surface area contributed by atoms with Crippen molar-refractivity contribution in [1.82, 2.24) is 0 Å². The summed E-state index contributed by atoms with van der Waals surface area (Å²) >= 11 is 0. The van der Waals surface area contributed by atoms with Crippen molar-refractivity contribution in [2.24, 2.45) is 0 Å². The van der Waals surface area contributed by atoms with E-state index in [1.807, 2.05) is 19.1 Å². The van der Waals surface area contributed by atoms with Crippen LogP contribution in [0.4, 0.5) is 0 Å². The van der Waals surface area contributed by atoms with Gasteiger partial charge in [0.25, 0.3) is 0 Å². The molecule has 0 heterocycles. The lowest BCUT2D eigenvalue weighted by Crippen LogP contribution is -2.28. The zero-order chi connectivity index (χ0) is 11.9. The van der Waals surface area contributed by atoms with E-state index in [9.17, 15) is 4.79 Å². The van der Waals surface area contributed by atoms with Crippen molar-refractivity contribution in [3.63, 3.8) is 0 Å². The van der Waals surface area contributed by atoms with E-state index in [2.05, 4.69) is 13.8 Å². The van der Waals surface area contributed by atoms with Crippen LogP contribution in [0.3, 0.4) is 0 Å². The summed E-state index contributed by atoms with van der Waals surface area (Å²) in [6, 6.07) is 3.96. The van der Waals surface area contributed by atoms with Gasteiger partial charge >= 0.3 is 0 Å². The Balaban J connectivity index is 2.69. The Morgan fingerprint density at radius 3 is 2.62 bits per heavy atom. The first kappa shape index (κ1) is 11.2. The lowest BCUT2D eigenvalue weighted by Gasteiger charge is -2.32. The van der Waals surface area contributed by atoms with Crippen molar-refractivity contribution in [1.29, 1.82) is 0 Å². The molecule has 1 aromatic carbocycles. The summed E-state index contributed by atoms with van der Waals surface area (Å²) in [5.41, 5.74) is 3.16. The van der Waals surface area contributed by atoms with Crippen LogP contribution in [0.1, 0.15) is 48.2 Å². The van der Waals surface area contributed by atoms with Gasteiger partial charge in [0.1, 0.15) is 5.75 Å². The Labute approximate surface area is 96.6 Å². The molecule has 0 unspecified atom stereocenters. The van der Waals surface area contributed by atoms with Gasteiger partial charge in [0.2, 0.25) is 0 Å². The molecule has 1 aliphatic carbocycles. The summed E-state index contributed by atoms with van der Waals surface area (Å²) in [7, 11) is 1.67. The molecule has 0 atom stereocenters. The molecule has 0 spiro atoms. The largest absolute Gasteiger partial charge is 0.497 e. The summed E-state index contributed by atoms with van der Waals surface area (Å²) in [5, 5.41) is 0. The maximum Gasteiger partial charge on any atom is 0.163 e. The topological polar surface area (TPSA) is 26.3 Å². The number of benzene rings is 1. The van der Waals surface area contributed by atoms with Crippen molar-refractivity contribution in [2.75, 3.05) is 7.11 Å². The first-order valence-corrected chi connectivity index (χ1v) is 5.68. The fraction of sp³-hybridized carbons (Fsp3) is 0.500. The minimum atomic E-state index is 0.0720. The molecular formula is C14H18O2. The third-order valence-electron chi connectivity index (χ3n) is 3.53. The molecule has 0 aromatic heterocycles. The number of hydrogen-bond donors (Lipinski definition) is 0.